The summed E-state index contributed by atoms with van der Waals surface area (Å²) in [5.74, 6) is 0.280. The third-order valence-electron chi connectivity index (χ3n) is 5.47. The summed E-state index contributed by atoms with van der Waals surface area (Å²) in [5, 5.41) is 0. The Morgan fingerprint density at radius 3 is 2.59 bits per heavy atom. The van der Waals surface area contributed by atoms with Crippen molar-refractivity contribution in [1.29, 1.82) is 0 Å². The minimum absolute atomic E-state index is 0.234. The van der Waals surface area contributed by atoms with E-state index in [1.54, 1.807) is 18.3 Å². The van der Waals surface area contributed by atoms with Crippen LogP contribution in [-0.2, 0) is 7.05 Å². The van der Waals surface area contributed by atoms with Crippen LogP contribution in [0, 0.1) is 5.92 Å². The average molecular weight is 438 g/mol. The highest BCUT2D eigenvalue weighted by Crippen LogP contribution is 2.37. The summed E-state index contributed by atoms with van der Waals surface area (Å²) in [4.78, 5) is 11.3. The predicted molar refractivity (Wildman–Crippen MR) is 117 cm³/mol. The van der Waals surface area contributed by atoms with Crippen molar-refractivity contribution in [2.75, 3.05) is 11.4 Å². The topological polar surface area (TPSA) is 43.2 Å². The second-order valence-corrected chi connectivity index (χ2v) is 8.09. The van der Waals surface area contributed by atoms with E-state index < -0.39 is 6.36 Å². The zero-order valence-corrected chi connectivity index (χ0v) is 17.4. The first-order valence-electron chi connectivity index (χ1n) is 10.4. The second kappa shape index (κ2) is 7.85. The summed E-state index contributed by atoms with van der Waals surface area (Å²) < 4.78 is 44.2. The summed E-state index contributed by atoms with van der Waals surface area (Å²) in [5.41, 5.74) is 4.73. The molecule has 0 radical (unpaired) electrons. The van der Waals surface area contributed by atoms with Crippen LogP contribution in [0.1, 0.15) is 12.8 Å². The fourth-order valence-electron chi connectivity index (χ4n) is 3.73. The number of ether oxygens (including phenoxy) is 1. The molecular formula is C24H21F3N4O. The van der Waals surface area contributed by atoms with Crippen LogP contribution >= 0.6 is 0 Å². The first-order valence-corrected chi connectivity index (χ1v) is 10.4. The number of anilines is 2. The standard InChI is InChI=1S/C24H21F3N4O/c1-30-10-9-17(15-30)23-13-28-21-8-7-19(12-22(21)29-23)31(14-16-5-6-16)18-3-2-4-20(11-18)32-24(25,26)27/h2-4,7-13,15-16H,5-6,14H2,1H3. The first kappa shape index (κ1) is 20.4. The Balaban J connectivity index is 1.53. The van der Waals surface area contributed by atoms with E-state index in [1.165, 1.54) is 12.1 Å². The van der Waals surface area contributed by atoms with E-state index in [0.29, 0.717) is 18.2 Å². The van der Waals surface area contributed by atoms with E-state index >= 15 is 0 Å². The molecule has 4 aromatic rings. The molecule has 0 N–H and O–H groups in total. The molecule has 1 aliphatic rings. The van der Waals surface area contributed by atoms with Gasteiger partial charge < -0.3 is 14.2 Å². The highest BCUT2D eigenvalue weighted by Gasteiger charge is 2.31. The van der Waals surface area contributed by atoms with E-state index in [1.807, 2.05) is 53.2 Å². The number of rotatable bonds is 6. The fourth-order valence-corrected chi connectivity index (χ4v) is 3.73. The summed E-state index contributed by atoms with van der Waals surface area (Å²) in [6, 6.07) is 13.8. The largest absolute Gasteiger partial charge is 0.573 e. The Bertz CT molecular complexity index is 1260. The lowest BCUT2D eigenvalue weighted by molar-refractivity contribution is -0.274. The smallest absolute Gasteiger partial charge is 0.406 e. The van der Waals surface area contributed by atoms with Crippen molar-refractivity contribution >= 4 is 22.4 Å². The molecule has 0 spiro atoms. The molecule has 0 unspecified atom stereocenters. The van der Waals surface area contributed by atoms with Gasteiger partial charge in [-0.25, -0.2) is 4.98 Å². The zero-order valence-electron chi connectivity index (χ0n) is 17.4. The van der Waals surface area contributed by atoms with E-state index in [2.05, 4.69) is 9.72 Å². The van der Waals surface area contributed by atoms with Crippen LogP contribution < -0.4 is 9.64 Å². The number of alkyl halides is 3. The zero-order chi connectivity index (χ0) is 22.3. The van der Waals surface area contributed by atoms with Crippen molar-refractivity contribution in [1.82, 2.24) is 14.5 Å². The maximum Gasteiger partial charge on any atom is 0.573 e. The van der Waals surface area contributed by atoms with Gasteiger partial charge in [-0.15, -0.1) is 13.2 Å². The van der Waals surface area contributed by atoms with Gasteiger partial charge >= 0.3 is 6.36 Å². The van der Waals surface area contributed by atoms with Gasteiger partial charge in [0.25, 0.3) is 0 Å². The maximum atomic E-state index is 12.7. The van der Waals surface area contributed by atoms with Crippen LogP contribution in [-0.4, -0.2) is 27.4 Å². The number of aromatic nitrogens is 3. The normalized spacial score (nSPS) is 14.0. The molecule has 8 heteroatoms. The summed E-state index contributed by atoms with van der Waals surface area (Å²) in [7, 11) is 1.95. The molecule has 0 aliphatic heterocycles. The Labute approximate surface area is 183 Å². The average Bonchev–Trinajstić information content (AvgIpc) is 3.48. The van der Waals surface area contributed by atoms with E-state index in [0.717, 1.165) is 40.8 Å². The van der Waals surface area contributed by atoms with E-state index in [4.69, 9.17) is 4.98 Å². The monoisotopic (exact) mass is 438 g/mol. The van der Waals surface area contributed by atoms with E-state index in [9.17, 15) is 13.2 Å². The summed E-state index contributed by atoms with van der Waals surface area (Å²) in [6.45, 7) is 0.715. The molecule has 1 fully saturated rings. The minimum Gasteiger partial charge on any atom is -0.406 e. The van der Waals surface area contributed by atoms with Crippen molar-refractivity contribution in [3.05, 3.63) is 67.1 Å². The van der Waals surface area contributed by atoms with Crippen LogP contribution in [0.15, 0.2) is 67.1 Å². The number of hydrogen-bond acceptors (Lipinski definition) is 4. The van der Waals surface area contributed by atoms with Gasteiger partial charge in [0.2, 0.25) is 0 Å². The first-order chi connectivity index (χ1) is 15.3. The minimum atomic E-state index is -4.73. The van der Waals surface area contributed by atoms with Crippen molar-refractivity contribution in [3.8, 4) is 17.0 Å². The van der Waals surface area contributed by atoms with Crippen LogP contribution in [0.4, 0.5) is 24.5 Å². The number of hydrogen-bond donors (Lipinski definition) is 0. The molecule has 5 nitrogen and oxygen atoms in total. The van der Waals surface area contributed by atoms with Crippen LogP contribution in [0.5, 0.6) is 5.75 Å². The summed E-state index contributed by atoms with van der Waals surface area (Å²) >= 11 is 0. The van der Waals surface area contributed by atoms with Gasteiger partial charge in [-0.3, -0.25) is 4.98 Å². The molecule has 2 aromatic heterocycles. The lowest BCUT2D eigenvalue weighted by atomic mass is 10.2. The van der Waals surface area contributed by atoms with Gasteiger partial charge in [-0.2, -0.15) is 0 Å². The van der Waals surface area contributed by atoms with Gasteiger partial charge in [-0.05, 0) is 55.2 Å². The molecule has 0 saturated heterocycles. The maximum absolute atomic E-state index is 12.7. The molecule has 1 saturated carbocycles. The van der Waals surface area contributed by atoms with Crippen molar-refractivity contribution in [3.63, 3.8) is 0 Å². The van der Waals surface area contributed by atoms with E-state index in [-0.39, 0.29) is 5.75 Å². The van der Waals surface area contributed by atoms with Crippen LogP contribution in [0.25, 0.3) is 22.3 Å². The lowest BCUT2D eigenvalue weighted by Gasteiger charge is -2.26. The predicted octanol–water partition coefficient (Wildman–Crippen LogP) is 6.08. The lowest BCUT2D eigenvalue weighted by Crippen LogP contribution is -2.21. The number of halogens is 3. The van der Waals surface area contributed by atoms with Gasteiger partial charge in [0.1, 0.15) is 5.75 Å². The molecule has 0 amide bonds. The Morgan fingerprint density at radius 2 is 1.88 bits per heavy atom. The third-order valence-corrected chi connectivity index (χ3v) is 5.47. The van der Waals surface area contributed by atoms with Crippen LogP contribution in [0.3, 0.4) is 0 Å². The van der Waals surface area contributed by atoms with Crippen molar-refractivity contribution in [2.45, 2.75) is 19.2 Å². The highest BCUT2D eigenvalue weighted by atomic mass is 19.4. The van der Waals surface area contributed by atoms with Gasteiger partial charge in [0.05, 0.1) is 22.9 Å². The molecule has 0 atom stereocenters. The molecule has 164 valence electrons. The molecule has 1 aliphatic carbocycles. The number of benzene rings is 2. The van der Waals surface area contributed by atoms with Crippen molar-refractivity contribution < 1.29 is 17.9 Å². The Kier molecular flexibility index (Phi) is 5.00. The Hall–Kier alpha value is -3.55. The molecule has 0 bridgehead atoms. The number of aryl methyl sites for hydroxylation is 1. The van der Waals surface area contributed by atoms with Gasteiger partial charge in [-0.1, -0.05) is 6.07 Å². The molecule has 32 heavy (non-hydrogen) atoms. The highest BCUT2D eigenvalue weighted by molar-refractivity contribution is 5.82. The molecule has 2 aromatic carbocycles. The van der Waals surface area contributed by atoms with Gasteiger partial charge in [0.15, 0.2) is 0 Å². The number of fused-ring (bicyclic) bond motifs is 1. The van der Waals surface area contributed by atoms with Crippen LogP contribution in [0.2, 0.25) is 0 Å². The molecular weight excluding hydrogens is 417 g/mol. The fraction of sp³-hybridized carbons (Fsp3) is 0.250. The van der Waals surface area contributed by atoms with Gasteiger partial charge in [0, 0.05) is 49.0 Å². The van der Waals surface area contributed by atoms with Crippen molar-refractivity contribution in [2.24, 2.45) is 13.0 Å². The SMILES string of the molecule is Cn1ccc(-c2cnc3ccc(N(CC4CC4)c4cccc(OC(F)(F)F)c4)cc3n2)c1. The second-order valence-electron chi connectivity index (χ2n) is 8.09. The number of nitrogens with zero attached hydrogens (tertiary/aromatic N) is 4. The molecule has 5 rings (SSSR count). The third kappa shape index (κ3) is 4.54. The quantitative estimate of drug-likeness (QED) is 0.366. The molecule has 2 heterocycles. The summed E-state index contributed by atoms with van der Waals surface area (Å²) in [6.07, 6.45) is 3.17. The Morgan fingerprint density at radius 1 is 1.06 bits per heavy atom.